The normalized spacial score (nSPS) is 24.8. The molecule has 0 amide bonds. The molecule has 0 spiro atoms. The van der Waals surface area contributed by atoms with Crippen LogP contribution in [0.25, 0.3) is 0 Å². The van der Waals surface area contributed by atoms with Gasteiger partial charge in [0.1, 0.15) is 5.75 Å². The van der Waals surface area contributed by atoms with Crippen molar-refractivity contribution in [2.45, 2.75) is 18.9 Å². The first-order chi connectivity index (χ1) is 12.2. The van der Waals surface area contributed by atoms with Gasteiger partial charge in [-0.3, -0.25) is 9.89 Å². The van der Waals surface area contributed by atoms with Crippen LogP contribution in [0.1, 0.15) is 24.4 Å². The Balaban J connectivity index is 0.00000243. The maximum absolute atomic E-state index is 6.21. The van der Waals surface area contributed by atoms with Crippen molar-refractivity contribution >= 4 is 29.9 Å². The van der Waals surface area contributed by atoms with Crippen molar-refractivity contribution in [2.75, 3.05) is 53.6 Å². The van der Waals surface area contributed by atoms with Crippen LogP contribution in [0.3, 0.4) is 0 Å². The monoisotopic (exact) mass is 474 g/mol. The van der Waals surface area contributed by atoms with E-state index in [1.165, 1.54) is 18.4 Å². The minimum Gasteiger partial charge on any atom is -0.497 e. The number of nitrogens with two attached hydrogens (primary N) is 1. The Morgan fingerprint density at radius 2 is 1.92 bits per heavy atom. The highest BCUT2D eigenvalue weighted by Gasteiger charge is 2.30. The maximum Gasteiger partial charge on any atom is 0.191 e. The number of hydrogen-bond donors (Lipinski definition) is 1. The van der Waals surface area contributed by atoms with Gasteiger partial charge in [0.25, 0.3) is 0 Å². The van der Waals surface area contributed by atoms with Crippen LogP contribution in [0.4, 0.5) is 0 Å². The van der Waals surface area contributed by atoms with Gasteiger partial charge in [-0.05, 0) is 50.0 Å². The molecule has 26 heavy (non-hydrogen) atoms. The van der Waals surface area contributed by atoms with E-state index in [9.17, 15) is 0 Å². The van der Waals surface area contributed by atoms with Crippen LogP contribution in [0.5, 0.6) is 5.75 Å². The molecule has 0 saturated carbocycles. The van der Waals surface area contributed by atoms with Gasteiger partial charge in [0.2, 0.25) is 0 Å². The van der Waals surface area contributed by atoms with Gasteiger partial charge in [0, 0.05) is 25.7 Å². The molecule has 2 aliphatic rings. The summed E-state index contributed by atoms with van der Waals surface area (Å²) in [6, 6.07) is 8.81. The number of nitrogens with zero attached hydrogens (tertiary/aromatic N) is 3. The van der Waals surface area contributed by atoms with Crippen LogP contribution >= 0.6 is 24.0 Å². The Morgan fingerprint density at radius 1 is 1.23 bits per heavy atom. The molecule has 2 saturated heterocycles. The third-order valence-electron chi connectivity index (χ3n) is 5.29. The SMILES string of the molecule is COc1ccc(C2C(CN=C(N)N3CCOCC3)CCCN2C)cc1.I. The molecule has 2 fully saturated rings. The summed E-state index contributed by atoms with van der Waals surface area (Å²) in [5.41, 5.74) is 7.54. The highest BCUT2D eigenvalue weighted by molar-refractivity contribution is 14.0. The molecule has 3 rings (SSSR count). The van der Waals surface area contributed by atoms with Crippen molar-refractivity contribution in [3.05, 3.63) is 29.8 Å². The summed E-state index contributed by atoms with van der Waals surface area (Å²) in [6.07, 6.45) is 2.39. The van der Waals surface area contributed by atoms with Crippen LogP contribution < -0.4 is 10.5 Å². The Labute approximate surface area is 173 Å². The minimum absolute atomic E-state index is 0. The summed E-state index contributed by atoms with van der Waals surface area (Å²) in [4.78, 5) is 9.29. The number of likely N-dealkylation sites (tertiary alicyclic amines) is 1. The van der Waals surface area contributed by atoms with Crippen molar-refractivity contribution in [1.82, 2.24) is 9.80 Å². The molecule has 2 atom stereocenters. The summed E-state index contributed by atoms with van der Waals surface area (Å²) in [5.74, 6) is 2.03. The van der Waals surface area contributed by atoms with E-state index in [4.69, 9.17) is 20.2 Å². The zero-order chi connectivity index (χ0) is 17.6. The van der Waals surface area contributed by atoms with Crippen molar-refractivity contribution in [2.24, 2.45) is 16.6 Å². The molecular formula is C19H31IN4O2. The Kier molecular flexibility index (Phi) is 8.43. The molecule has 7 heteroatoms. The van der Waals surface area contributed by atoms with Crippen LogP contribution in [-0.2, 0) is 4.74 Å². The lowest BCUT2D eigenvalue weighted by molar-refractivity contribution is 0.0671. The second-order valence-electron chi connectivity index (χ2n) is 6.90. The second kappa shape index (κ2) is 10.3. The molecule has 1 aromatic rings. The zero-order valence-corrected chi connectivity index (χ0v) is 18.1. The van der Waals surface area contributed by atoms with Gasteiger partial charge < -0.3 is 20.1 Å². The molecule has 2 aliphatic heterocycles. The molecule has 2 N–H and O–H groups in total. The smallest absolute Gasteiger partial charge is 0.191 e. The first-order valence-electron chi connectivity index (χ1n) is 9.16. The lowest BCUT2D eigenvalue weighted by Crippen LogP contribution is -2.45. The molecule has 0 aliphatic carbocycles. The average Bonchev–Trinajstić information content (AvgIpc) is 2.67. The number of benzene rings is 1. The van der Waals surface area contributed by atoms with E-state index < -0.39 is 0 Å². The molecular weight excluding hydrogens is 443 g/mol. The van der Waals surface area contributed by atoms with Crippen LogP contribution in [-0.4, -0.2) is 69.3 Å². The number of methoxy groups -OCH3 is 1. The fourth-order valence-corrected chi connectivity index (χ4v) is 3.88. The lowest BCUT2D eigenvalue weighted by atomic mass is 9.85. The third kappa shape index (κ3) is 5.23. The molecule has 0 radical (unpaired) electrons. The Bertz CT molecular complexity index is 575. The van der Waals surface area contributed by atoms with Crippen molar-refractivity contribution < 1.29 is 9.47 Å². The van der Waals surface area contributed by atoms with Gasteiger partial charge in [0.15, 0.2) is 5.96 Å². The standard InChI is InChI=1S/C19H30N4O2.HI/c1-22-9-3-4-16(14-21-19(20)23-10-12-25-13-11-23)18(22)15-5-7-17(24-2)8-6-15;/h5-8,16,18H,3-4,9-14H2,1-2H3,(H2,20,21);1H. The highest BCUT2D eigenvalue weighted by atomic mass is 127. The molecule has 146 valence electrons. The van der Waals surface area contributed by atoms with E-state index in [0.29, 0.717) is 17.9 Å². The van der Waals surface area contributed by atoms with E-state index in [1.807, 2.05) is 12.1 Å². The van der Waals surface area contributed by atoms with Crippen LogP contribution in [0, 0.1) is 5.92 Å². The quantitative estimate of drug-likeness (QED) is 0.413. The second-order valence-corrected chi connectivity index (χ2v) is 6.90. The number of halogens is 1. The van der Waals surface area contributed by atoms with E-state index in [-0.39, 0.29) is 24.0 Å². The van der Waals surface area contributed by atoms with Gasteiger partial charge in [-0.15, -0.1) is 24.0 Å². The number of piperidine rings is 1. The maximum atomic E-state index is 6.21. The fraction of sp³-hybridized carbons (Fsp3) is 0.632. The average molecular weight is 474 g/mol. The van der Waals surface area contributed by atoms with Crippen LogP contribution in [0.2, 0.25) is 0 Å². The predicted molar refractivity (Wildman–Crippen MR) is 115 cm³/mol. The van der Waals surface area contributed by atoms with Crippen LogP contribution in [0.15, 0.2) is 29.3 Å². The van der Waals surface area contributed by atoms with Gasteiger partial charge in [-0.1, -0.05) is 12.1 Å². The third-order valence-corrected chi connectivity index (χ3v) is 5.29. The van der Waals surface area contributed by atoms with Gasteiger partial charge in [0.05, 0.1) is 20.3 Å². The first kappa shape index (κ1) is 21.2. The summed E-state index contributed by atoms with van der Waals surface area (Å²) in [6.45, 7) is 5.03. The number of guanidine groups is 1. The van der Waals surface area contributed by atoms with Gasteiger partial charge >= 0.3 is 0 Å². The minimum atomic E-state index is 0. The van der Waals surface area contributed by atoms with E-state index in [2.05, 4.69) is 29.0 Å². The summed E-state index contributed by atoms with van der Waals surface area (Å²) in [7, 11) is 3.91. The van der Waals surface area contributed by atoms with Crippen molar-refractivity contribution in [3.63, 3.8) is 0 Å². The van der Waals surface area contributed by atoms with Crippen molar-refractivity contribution in [1.29, 1.82) is 0 Å². The number of hydrogen-bond acceptors (Lipinski definition) is 4. The molecule has 0 bridgehead atoms. The number of aliphatic imine (C=N–C) groups is 1. The fourth-order valence-electron chi connectivity index (χ4n) is 3.88. The first-order valence-corrected chi connectivity index (χ1v) is 9.16. The van der Waals surface area contributed by atoms with Gasteiger partial charge in [-0.2, -0.15) is 0 Å². The summed E-state index contributed by atoms with van der Waals surface area (Å²) < 4.78 is 10.7. The number of ether oxygens (including phenoxy) is 2. The number of rotatable bonds is 4. The van der Waals surface area contributed by atoms with E-state index in [0.717, 1.165) is 45.1 Å². The molecule has 1 aromatic carbocycles. The predicted octanol–water partition coefficient (Wildman–Crippen LogP) is 2.34. The molecule has 6 nitrogen and oxygen atoms in total. The molecule has 2 heterocycles. The Morgan fingerprint density at radius 3 is 2.58 bits per heavy atom. The van der Waals surface area contributed by atoms with Crippen molar-refractivity contribution in [3.8, 4) is 5.75 Å². The van der Waals surface area contributed by atoms with Gasteiger partial charge in [-0.25, -0.2) is 0 Å². The highest BCUT2D eigenvalue weighted by Crippen LogP contribution is 2.35. The molecule has 2 unspecified atom stereocenters. The topological polar surface area (TPSA) is 63.3 Å². The Hall–Kier alpha value is -1.06. The summed E-state index contributed by atoms with van der Waals surface area (Å²) in [5, 5.41) is 0. The number of morpholine rings is 1. The lowest BCUT2D eigenvalue weighted by Gasteiger charge is -2.39. The molecule has 0 aromatic heterocycles. The van der Waals surface area contributed by atoms with E-state index >= 15 is 0 Å². The van der Waals surface area contributed by atoms with E-state index in [1.54, 1.807) is 7.11 Å². The largest absolute Gasteiger partial charge is 0.497 e. The summed E-state index contributed by atoms with van der Waals surface area (Å²) >= 11 is 0. The zero-order valence-electron chi connectivity index (χ0n) is 15.8.